The molecule has 3 fully saturated rings. The zero-order valence-electron chi connectivity index (χ0n) is 23.2. The number of ether oxygens (including phenoxy) is 3. The highest BCUT2D eigenvalue weighted by molar-refractivity contribution is 5.87. The van der Waals surface area contributed by atoms with Crippen molar-refractivity contribution in [2.24, 2.45) is 17.3 Å². The van der Waals surface area contributed by atoms with Crippen LogP contribution in [0.3, 0.4) is 0 Å². The smallest absolute Gasteiger partial charge is 0.303 e. The van der Waals surface area contributed by atoms with Crippen molar-refractivity contribution in [2.45, 2.75) is 123 Å². The Morgan fingerprint density at radius 3 is 2.58 bits per heavy atom. The van der Waals surface area contributed by atoms with Gasteiger partial charge >= 0.3 is 5.97 Å². The molecule has 1 spiro atoms. The van der Waals surface area contributed by atoms with Gasteiger partial charge in [-0.15, -0.1) is 0 Å². The molecule has 2 N–H and O–H groups in total. The second-order valence-corrected chi connectivity index (χ2v) is 12.3. The molecule has 2 heterocycles. The standard InChI is InChI=1S/C29H47NO6/c1-18(8-11-23-15-28(6,7)16-29(17-34-29)27(23)33)9-12-25-19(2)14-24(21(4)36-25)30-26(32)13-10-20(3)35-22(5)31/h9-10,13,19-21,23-25,27,33H,8,11-12,14-17H2,1-7H3,(H,30,32). The number of aliphatic hydroxyl groups excluding tert-OH is 1. The summed E-state index contributed by atoms with van der Waals surface area (Å²) >= 11 is 0. The van der Waals surface area contributed by atoms with Crippen LogP contribution in [-0.4, -0.2) is 59.6 Å². The van der Waals surface area contributed by atoms with E-state index in [-0.39, 0.29) is 53.2 Å². The molecule has 7 heteroatoms. The van der Waals surface area contributed by atoms with Crippen molar-refractivity contribution in [1.29, 1.82) is 0 Å². The van der Waals surface area contributed by atoms with E-state index in [2.05, 4.69) is 39.1 Å². The molecule has 0 aromatic carbocycles. The third kappa shape index (κ3) is 7.90. The van der Waals surface area contributed by atoms with Crippen molar-refractivity contribution >= 4 is 11.9 Å². The van der Waals surface area contributed by atoms with Crippen LogP contribution in [0.25, 0.3) is 0 Å². The maximum Gasteiger partial charge on any atom is 0.303 e. The number of carbonyl (C=O) groups is 2. The number of amides is 1. The SMILES string of the molecule is CC(=O)OC(C)C=CC(=O)NC1CC(C)C(CC=C(C)CCC2CC(C)(C)CC3(CO3)C2O)OC1C. The zero-order valence-corrected chi connectivity index (χ0v) is 23.2. The molecule has 3 rings (SSSR count). The predicted molar refractivity (Wildman–Crippen MR) is 139 cm³/mol. The minimum atomic E-state index is -0.442. The Labute approximate surface area is 217 Å². The lowest BCUT2D eigenvalue weighted by atomic mass is 9.64. The van der Waals surface area contributed by atoms with E-state index < -0.39 is 6.10 Å². The molecule has 2 saturated heterocycles. The topological polar surface area (TPSA) is 97.4 Å². The van der Waals surface area contributed by atoms with E-state index in [1.807, 2.05) is 6.92 Å². The Kier molecular flexibility index (Phi) is 9.45. The summed E-state index contributed by atoms with van der Waals surface area (Å²) in [5.74, 6) is 0.0114. The Morgan fingerprint density at radius 1 is 1.25 bits per heavy atom. The van der Waals surface area contributed by atoms with Gasteiger partial charge in [0.25, 0.3) is 0 Å². The van der Waals surface area contributed by atoms with Gasteiger partial charge in [-0.3, -0.25) is 9.59 Å². The summed E-state index contributed by atoms with van der Waals surface area (Å²) in [6, 6.07) is -0.0596. The fourth-order valence-electron chi connectivity index (χ4n) is 6.16. The number of allylic oxidation sites excluding steroid dienone is 1. The van der Waals surface area contributed by atoms with Gasteiger partial charge in [-0.1, -0.05) is 32.4 Å². The molecule has 2 aliphatic heterocycles. The van der Waals surface area contributed by atoms with Gasteiger partial charge in [0.2, 0.25) is 5.91 Å². The van der Waals surface area contributed by atoms with Gasteiger partial charge in [0, 0.05) is 13.0 Å². The summed E-state index contributed by atoms with van der Waals surface area (Å²) < 4.78 is 17.0. The van der Waals surface area contributed by atoms with Crippen molar-refractivity contribution in [3.63, 3.8) is 0 Å². The summed E-state index contributed by atoms with van der Waals surface area (Å²) in [7, 11) is 0. The molecule has 204 valence electrons. The van der Waals surface area contributed by atoms with Crippen molar-refractivity contribution in [2.75, 3.05) is 6.61 Å². The van der Waals surface area contributed by atoms with E-state index in [9.17, 15) is 14.7 Å². The largest absolute Gasteiger partial charge is 0.459 e. The average Bonchev–Trinajstić information content (AvgIpc) is 3.54. The second kappa shape index (κ2) is 11.8. The van der Waals surface area contributed by atoms with E-state index in [1.54, 1.807) is 13.0 Å². The molecule has 1 aliphatic carbocycles. The van der Waals surface area contributed by atoms with Gasteiger partial charge in [0.15, 0.2) is 0 Å². The highest BCUT2D eigenvalue weighted by atomic mass is 16.6. The second-order valence-electron chi connectivity index (χ2n) is 12.3. The van der Waals surface area contributed by atoms with Crippen molar-refractivity contribution in [1.82, 2.24) is 5.32 Å². The van der Waals surface area contributed by atoms with Crippen molar-refractivity contribution < 1.29 is 28.9 Å². The first kappa shape index (κ1) is 28.9. The van der Waals surface area contributed by atoms with E-state index in [0.29, 0.717) is 12.5 Å². The van der Waals surface area contributed by atoms with Crippen LogP contribution in [0, 0.1) is 17.3 Å². The Bertz CT molecular complexity index is 845. The lowest BCUT2D eigenvalue weighted by Crippen LogP contribution is -2.50. The van der Waals surface area contributed by atoms with E-state index >= 15 is 0 Å². The number of nitrogens with one attached hydrogen (secondary N) is 1. The van der Waals surface area contributed by atoms with E-state index in [0.717, 1.165) is 38.5 Å². The fraction of sp³-hybridized carbons (Fsp3) is 0.793. The normalized spacial score (nSPS) is 37.1. The maximum absolute atomic E-state index is 12.3. The van der Waals surface area contributed by atoms with Crippen molar-refractivity contribution in [3.05, 3.63) is 23.8 Å². The summed E-state index contributed by atoms with van der Waals surface area (Å²) in [5.41, 5.74) is 1.26. The Balaban J connectivity index is 1.44. The van der Waals surface area contributed by atoms with Gasteiger partial charge < -0.3 is 24.6 Å². The van der Waals surface area contributed by atoms with E-state index in [1.165, 1.54) is 18.6 Å². The van der Waals surface area contributed by atoms with Crippen LogP contribution in [0.2, 0.25) is 0 Å². The van der Waals surface area contributed by atoms with Crippen LogP contribution < -0.4 is 5.32 Å². The number of aliphatic hydroxyl groups is 1. The molecule has 0 aromatic rings. The van der Waals surface area contributed by atoms with Crippen LogP contribution in [0.1, 0.15) is 87.0 Å². The quantitative estimate of drug-likeness (QED) is 0.208. The summed E-state index contributed by atoms with van der Waals surface area (Å²) in [6.07, 6.45) is 10.2. The highest BCUT2D eigenvalue weighted by Crippen LogP contribution is 2.53. The predicted octanol–water partition coefficient (Wildman–Crippen LogP) is 4.48. The molecule has 0 aromatic heterocycles. The number of hydrogen-bond donors (Lipinski definition) is 2. The van der Waals surface area contributed by atoms with Crippen LogP contribution >= 0.6 is 0 Å². The average molecular weight is 506 g/mol. The molecule has 7 nitrogen and oxygen atoms in total. The van der Waals surface area contributed by atoms with Gasteiger partial charge in [-0.25, -0.2) is 0 Å². The Hall–Kier alpha value is -1.70. The lowest BCUT2D eigenvalue weighted by Gasteiger charge is -2.42. The van der Waals surface area contributed by atoms with Crippen LogP contribution in [0.4, 0.5) is 0 Å². The molecule has 36 heavy (non-hydrogen) atoms. The number of carbonyl (C=O) groups excluding carboxylic acids is 2. The first-order valence-corrected chi connectivity index (χ1v) is 13.6. The zero-order chi connectivity index (χ0) is 26.7. The molecule has 8 unspecified atom stereocenters. The third-order valence-electron chi connectivity index (χ3n) is 8.12. The molecule has 1 saturated carbocycles. The van der Waals surface area contributed by atoms with Gasteiger partial charge in [0.1, 0.15) is 11.7 Å². The van der Waals surface area contributed by atoms with Crippen LogP contribution in [0.15, 0.2) is 23.8 Å². The first-order valence-electron chi connectivity index (χ1n) is 13.6. The highest BCUT2D eigenvalue weighted by Gasteiger charge is 2.59. The number of rotatable bonds is 9. The minimum Gasteiger partial charge on any atom is -0.459 e. The first-order chi connectivity index (χ1) is 16.8. The molecule has 8 atom stereocenters. The molecule has 0 radical (unpaired) electrons. The molecule has 0 bridgehead atoms. The van der Waals surface area contributed by atoms with Crippen LogP contribution in [0.5, 0.6) is 0 Å². The molecule has 1 amide bonds. The van der Waals surface area contributed by atoms with Gasteiger partial charge in [0.05, 0.1) is 31.0 Å². The number of hydrogen-bond acceptors (Lipinski definition) is 6. The minimum absolute atomic E-state index is 0.0596. The van der Waals surface area contributed by atoms with Gasteiger partial charge in [-0.05, 0) is 82.6 Å². The Morgan fingerprint density at radius 2 is 1.94 bits per heavy atom. The van der Waals surface area contributed by atoms with Crippen molar-refractivity contribution in [3.8, 4) is 0 Å². The fourth-order valence-corrected chi connectivity index (χ4v) is 6.16. The summed E-state index contributed by atoms with van der Waals surface area (Å²) in [5, 5.41) is 13.9. The molecular weight excluding hydrogens is 458 g/mol. The monoisotopic (exact) mass is 505 g/mol. The molecule has 3 aliphatic rings. The van der Waals surface area contributed by atoms with Crippen LogP contribution in [-0.2, 0) is 23.8 Å². The van der Waals surface area contributed by atoms with E-state index in [4.69, 9.17) is 14.2 Å². The maximum atomic E-state index is 12.3. The summed E-state index contributed by atoms with van der Waals surface area (Å²) in [6.45, 7) is 14.7. The van der Waals surface area contributed by atoms with Gasteiger partial charge in [-0.2, -0.15) is 0 Å². The lowest BCUT2D eigenvalue weighted by molar-refractivity contribution is -0.143. The molecular formula is C29H47NO6. The number of esters is 1. The number of epoxide rings is 1. The summed E-state index contributed by atoms with van der Waals surface area (Å²) in [4.78, 5) is 23.3. The third-order valence-corrected chi connectivity index (χ3v) is 8.12.